The summed E-state index contributed by atoms with van der Waals surface area (Å²) >= 11 is 5.14. The van der Waals surface area contributed by atoms with E-state index < -0.39 is 5.60 Å². The SMILES string of the molecule is COc1cccc(-c2ccc3c(c2)C(C)(C)OC(=S)N3)c1. The first-order chi connectivity index (χ1) is 9.99. The molecule has 0 bridgehead atoms. The minimum Gasteiger partial charge on any atom is -0.497 e. The molecule has 3 nitrogen and oxygen atoms in total. The van der Waals surface area contributed by atoms with Gasteiger partial charge in [0.05, 0.1) is 7.11 Å². The van der Waals surface area contributed by atoms with Crippen molar-refractivity contribution < 1.29 is 9.47 Å². The molecule has 3 rings (SSSR count). The number of methoxy groups -OCH3 is 1. The summed E-state index contributed by atoms with van der Waals surface area (Å²) in [7, 11) is 1.67. The molecule has 1 N–H and O–H groups in total. The number of fused-ring (bicyclic) bond motifs is 1. The van der Waals surface area contributed by atoms with Crippen molar-refractivity contribution in [3.63, 3.8) is 0 Å². The summed E-state index contributed by atoms with van der Waals surface area (Å²) in [5, 5.41) is 3.52. The second-order valence-corrected chi connectivity index (χ2v) is 5.89. The number of benzene rings is 2. The van der Waals surface area contributed by atoms with E-state index >= 15 is 0 Å². The van der Waals surface area contributed by atoms with Crippen molar-refractivity contribution in [2.24, 2.45) is 0 Å². The van der Waals surface area contributed by atoms with Crippen LogP contribution >= 0.6 is 12.2 Å². The van der Waals surface area contributed by atoms with Crippen LogP contribution in [-0.4, -0.2) is 12.3 Å². The summed E-state index contributed by atoms with van der Waals surface area (Å²) < 4.78 is 11.0. The summed E-state index contributed by atoms with van der Waals surface area (Å²) in [5.74, 6) is 0.847. The molecule has 0 saturated carbocycles. The molecule has 0 saturated heterocycles. The van der Waals surface area contributed by atoms with Crippen LogP contribution in [-0.2, 0) is 10.3 Å². The molecule has 0 aliphatic carbocycles. The van der Waals surface area contributed by atoms with Crippen LogP contribution in [0.4, 0.5) is 5.69 Å². The molecule has 2 aromatic carbocycles. The van der Waals surface area contributed by atoms with E-state index in [0.717, 1.165) is 28.1 Å². The van der Waals surface area contributed by atoms with Gasteiger partial charge in [-0.15, -0.1) is 0 Å². The lowest BCUT2D eigenvalue weighted by atomic mass is 9.91. The summed E-state index contributed by atoms with van der Waals surface area (Å²) in [6.07, 6.45) is 0. The maximum atomic E-state index is 5.73. The molecule has 0 unspecified atom stereocenters. The fourth-order valence-corrected chi connectivity index (χ4v) is 2.87. The van der Waals surface area contributed by atoms with Crippen LogP contribution in [0, 0.1) is 0 Å². The lowest BCUT2D eigenvalue weighted by Crippen LogP contribution is -2.34. The molecule has 0 amide bonds. The average Bonchev–Trinajstić information content (AvgIpc) is 2.46. The van der Waals surface area contributed by atoms with Crippen LogP contribution in [0.5, 0.6) is 5.75 Å². The van der Waals surface area contributed by atoms with Gasteiger partial charge in [0, 0.05) is 11.3 Å². The Balaban J connectivity index is 2.08. The van der Waals surface area contributed by atoms with Gasteiger partial charge in [0.25, 0.3) is 5.17 Å². The van der Waals surface area contributed by atoms with Gasteiger partial charge in [0.1, 0.15) is 11.4 Å². The highest BCUT2D eigenvalue weighted by atomic mass is 32.1. The van der Waals surface area contributed by atoms with Crippen molar-refractivity contribution in [1.82, 2.24) is 0 Å². The van der Waals surface area contributed by atoms with Crippen LogP contribution in [0.3, 0.4) is 0 Å². The fraction of sp³-hybridized carbons (Fsp3) is 0.235. The van der Waals surface area contributed by atoms with E-state index in [1.165, 1.54) is 0 Å². The van der Waals surface area contributed by atoms with E-state index in [1.807, 2.05) is 38.1 Å². The molecular weight excluding hydrogens is 282 g/mol. The van der Waals surface area contributed by atoms with E-state index in [0.29, 0.717) is 5.17 Å². The van der Waals surface area contributed by atoms with Crippen LogP contribution in [0.25, 0.3) is 11.1 Å². The van der Waals surface area contributed by atoms with Gasteiger partial charge < -0.3 is 14.8 Å². The van der Waals surface area contributed by atoms with Crippen molar-refractivity contribution in [2.75, 3.05) is 12.4 Å². The molecule has 0 fully saturated rings. The number of ether oxygens (including phenoxy) is 2. The molecule has 0 atom stereocenters. The highest BCUT2D eigenvalue weighted by Crippen LogP contribution is 2.38. The van der Waals surface area contributed by atoms with E-state index in [9.17, 15) is 0 Å². The largest absolute Gasteiger partial charge is 0.497 e. The van der Waals surface area contributed by atoms with Crippen molar-refractivity contribution in [1.29, 1.82) is 0 Å². The molecular formula is C17H17NO2S. The van der Waals surface area contributed by atoms with Gasteiger partial charge in [-0.2, -0.15) is 0 Å². The van der Waals surface area contributed by atoms with Crippen molar-refractivity contribution >= 4 is 23.1 Å². The van der Waals surface area contributed by atoms with Crippen molar-refractivity contribution in [2.45, 2.75) is 19.4 Å². The molecule has 1 heterocycles. The van der Waals surface area contributed by atoms with Crippen LogP contribution in [0.1, 0.15) is 19.4 Å². The number of thiocarbonyl (C=S) groups is 1. The first-order valence-electron chi connectivity index (χ1n) is 6.78. The molecule has 0 spiro atoms. The lowest BCUT2D eigenvalue weighted by Gasteiger charge is -2.34. The molecule has 4 heteroatoms. The number of rotatable bonds is 2. The molecule has 2 aromatic rings. The van der Waals surface area contributed by atoms with Crippen molar-refractivity contribution in [3.8, 4) is 16.9 Å². The summed E-state index contributed by atoms with van der Waals surface area (Å²) in [4.78, 5) is 0. The lowest BCUT2D eigenvalue weighted by molar-refractivity contribution is 0.0947. The Labute approximate surface area is 129 Å². The van der Waals surface area contributed by atoms with Gasteiger partial charge in [-0.25, -0.2) is 0 Å². The maximum Gasteiger partial charge on any atom is 0.262 e. The standard InChI is InChI=1S/C17H17NO2S/c1-17(2)14-10-12(7-8-15(14)18-16(21)20-17)11-5-4-6-13(9-11)19-3/h4-10H,1-3H3,(H,18,21). The Morgan fingerprint density at radius 1 is 1.10 bits per heavy atom. The van der Waals surface area contributed by atoms with Gasteiger partial charge in [-0.3, -0.25) is 0 Å². The van der Waals surface area contributed by atoms with E-state index in [2.05, 4.69) is 23.5 Å². The van der Waals surface area contributed by atoms with Gasteiger partial charge >= 0.3 is 0 Å². The predicted octanol–water partition coefficient (Wildman–Crippen LogP) is 4.32. The highest BCUT2D eigenvalue weighted by molar-refractivity contribution is 7.80. The van der Waals surface area contributed by atoms with Crippen LogP contribution < -0.4 is 10.1 Å². The zero-order valence-electron chi connectivity index (χ0n) is 12.3. The number of anilines is 1. The Hall–Kier alpha value is -2.07. The van der Waals surface area contributed by atoms with Crippen LogP contribution in [0.15, 0.2) is 42.5 Å². The normalized spacial score (nSPS) is 15.7. The molecule has 1 aliphatic heterocycles. The summed E-state index contributed by atoms with van der Waals surface area (Å²) in [6, 6.07) is 14.3. The smallest absolute Gasteiger partial charge is 0.262 e. The first-order valence-corrected chi connectivity index (χ1v) is 7.19. The first kappa shape index (κ1) is 13.9. The topological polar surface area (TPSA) is 30.5 Å². The molecule has 21 heavy (non-hydrogen) atoms. The Morgan fingerprint density at radius 3 is 2.62 bits per heavy atom. The Bertz CT molecular complexity index is 710. The van der Waals surface area contributed by atoms with Gasteiger partial charge in [-0.1, -0.05) is 18.2 Å². The fourth-order valence-electron chi connectivity index (χ4n) is 2.56. The predicted molar refractivity (Wildman–Crippen MR) is 88.8 cm³/mol. The van der Waals surface area contributed by atoms with Gasteiger partial charge in [0.15, 0.2) is 0 Å². The third-order valence-electron chi connectivity index (χ3n) is 3.66. The zero-order valence-corrected chi connectivity index (χ0v) is 13.1. The van der Waals surface area contributed by atoms with Crippen molar-refractivity contribution in [3.05, 3.63) is 48.0 Å². The molecule has 1 aliphatic rings. The Kier molecular flexibility index (Phi) is 3.33. The van der Waals surface area contributed by atoms with Gasteiger partial charge in [0.2, 0.25) is 0 Å². The van der Waals surface area contributed by atoms with Crippen LogP contribution in [0.2, 0.25) is 0 Å². The number of hydrogen-bond donors (Lipinski definition) is 1. The van der Waals surface area contributed by atoms with Gasteiger partial charge in [-0.05, 0) is 61.5 Å². The summed E-state index contributed by atoms with van der Waals surface area (Å²) in [6.45, 7) is 4.04. The number of hydrogen-bond acceptors (Lipinski definition) is 3. The molecule has 108 valence electrons. The second-order valence-electron chi connectivity index (χ2n) is 5.52. The monoisotopic (exact) mass is 299 g/mol. The third kappa shape index (κ3) is 2.59. The Morgan fingerprint density at radius 2 is 1.86 bits per heavy atom. The minimum absolute atomic E-state index is 0.418. The minimum atomic E-state index is -0.438. The zero-order chi connectivity index (χ0) is 15.0. The van der Waals surface area contributed by atoms with E-state index in [4.69, 9.17) is 21.7 Å². The number of nitrogens with one attached hydrogen (secondary N) is 1. The third-order valence-corrected chi connectivity index (χ3v) is 3.84. The summed E-state index contributed by atoms with van der Waals surface area (Å²) in [5.41, 5.74) is 3.89. The second kappa shape index (κ2) is 5.04. The average molecular weight is 299 g/mol. The molecule has 0 radical (unpaired) electrons. The maximum absolute atomic E-state index is 5.73. The molecule has 0 aromatic heterocycles. The van der Waals surface area contributed by atoms with E-state index in [1.54, 1.807) is 7.11 Å². The highest BCUT2D eigenvalue weighted by Gasteiger charge is 2.31. The quantitative estimate of drug-likeness (QED) is 0.836. The van der Waals surface area contributed by atoms with E-state index in [-0.39, 0.29) is 0 Å².